The second-order valence-corrected chi connectivity index (χ2v) is 9.89. The van der Waals surface area contributed by atoms with E-state index in [1.54, 1.807) is 6.20 Å². The highest BCUT2D eigenvalue weighted by Crippen LogP contribution is 2.43. The molecule has 2 aliphatic rings. The number of quaternary nitrogens is 1. The predicted molar refractivity (Wildman–Crippen MR) is 119 cm³/mol. The molecule has 9 heteroatoms. The third kappa shape index (κ3) is 3.85. The van der Waals surface area contributed by atoms with Gasteiger partial charge in [-0.2, -0.15) is 0 Å². The van der Waals surface area contributed by atoms with E-state index in [1.807, 2.05) is 32.6 Å². The van der Waals surface area contributed by atoms with Gasteiger partial charge in [0.2, 0.25) is 0 Å². The largest absolute Gasteiger partial charge is 0.622 e. The third-order valence-electron chi connectivity index (χ3n) is 6.50. The Morgan fingerprint density at radius 2 is 2.10 bits per heavy atom. The molecule has 1 aliphatic heterocycles. The van der Waals surface area contributed by atoms with E-state index in [1.165, 1.54) is 24.0 Å². The fourth-order valence-corrected chi connectivity index (χ4v) is 4.83. The van der Waals surface area contributed by atoms with Crippen molar-refractivity contribution in [3.8, 4) is 12.3 Å². The van der Waals surface area contributed by atoms with Gasteiger partial charge in [-0.3, -0.25) is 9.63 Å². The summed E-state index contributed by atoms with van der Waals surface area (Å²) in [6, 6.07) is 0. The zero-order valence-electron chi connectivity index (χ0n) is 18.3. The number of ether oxygens (including phenoxy) is 1. The van der Waals surface area contributed by atoms with Gasteiger partial charge in [0.1, 0.15) is 11.7 Å². The normalized spacial score (nSPS) is 24.6. The van der Waals surface area contributed by atoms with Crippen molar-refractivity contribution in [3.63, 3.8) is 0 Å². The summed E-state index contributed by atoms with van der Waals surface area (Å²) in [6.07, 6.45) is 11.2. The summed E-state index contributed by atoms with van der Waals surface area (Å²) in [7, 11) is 0. The Labute approximate surface area is 186 Å². The van der Waals surface area contributed by atoms with Gasteiger partial charge in [-0.15, -0.1) is 11.5 Å². The van der Waals surface area contributed by atoms with Crippen molar-refractivity contribution in [2.45, 2.75) is 64.6 Å². The molecule has 8 nitrogen and oxygen atoms in total. The van der Waals surface area contributed by atoms with Crippen molar-refractivity contribution < 1.29 is 9.53 Å². The second kappa shape index (κ2) is 7.95. The van der Waals surface area contributed by atoms with E-state index < -0.39 is 22.4 Å². The van der Waals surface area contributed by atoms with Crippen LogP contribution in [0.1, 0.15) is 65.5 Å². The number of hydroxylamine groups is 2. The zero-order chi connectivity index (χ0) is 22.4. The molecule has 2 unspecified atom stereocenters. The molecule has 0 aromatic carbocycles. The van der Waals surface area contributed by atoms with E-state index in [2.05, 4.69) is 21.1 Å². The SMILES string of the molecule is C#CC(C)(C)N1CC(OC(=O)c2cncc(C)c2C)[N+]([O-])(c2nnc(C3CCC3)s2)C1. The van der Waals surface area contributed by atoms with Crippen LogP contribution in [0.25, 0.3) is 0 Å². The van der Waals surface area contributed by atoms with Gasteiger partial charge in [-0.1, -0.05) is 17.4 Å². The number of carbonyl (C=O) groups excluding carboxylic acids is 1. The first-order valence-electron chi connectivity index (χ1n) is 10.4. The maximum Gasteiger partial charge on any atom is 0.344 e. The first-order valence-corrected chi connectivity index (χ1v) is 11.2. The monoisotopic (exact) mass is 441 g/mol. The molecule has 1 saturated carbocycles. The van der Waals surface area contributed by atoms with Crippen LogP contribution in [-0.2, 0) is 4.74 Å². The number of hydrogen-bond donors (Lipinski definition) is 0. The number of esters is 1. The lowest BCUT2D eigenvalue weighted by molar-refractivity contribution is 0.00507. The molecule has 1 saturated heterocycles. The second-order valence-electron chi connectivity index (χ2n) is 8.90. The van der Waals surface area contributed by atoms with Gasteiger partial charge in [-0.05, 0) is 63.0 Å². The van der Waals surface area contributed by atoms with Crippen molar-refractivity contribution in [1.29, 1.82) is 0 Å². The fraction of sp³-hybridized carbons (Fsp3) is 0.545. The molecule has 0 radical (unpaired) electrons. The van der Waals surface area contributed by atoms with Crippen molar-refractivity contribution in [2.75, 3.05) is 13.2 Å². The number of nitrogens with zero attached hydrogens (tertiary/aromatic N) is 5. The summed E-state index contributed by atoms with van der Waals surface area (Å²) in [5.41, 5.74) is 1.35. The van der Waals surface area contributed by atoms with Crippen LogP contribution in [0.2, 0.25) is 0 Å². The maximum absolute atomic E-state index is 14.1. The highest BCUT2D eigenvalue weighted by molar-refractivity contribution is 7.15. The highest BCUT2D eigenvalue weighted by Gasteiger charge is 2.50. The van der Waals surface area contributed by atoms with Crippen LogP contribution < -0.4 is 4.65 Å². The lowest BCUT2D eigenvalue weighted by atomic mass is 9.86. The fourth-order valence-electron chi connectivity index (χ4n) is 3.75. The number of rotatable bonds is 5. The molecule has 0 amide bonds. The number of aryl methyl sites for hydroxylation is 1. The molecule has 0 N–H and O–H groups in total. The van der Waals surface area contributed by atoms with Crippen molar-refractivity contribution in [3.05, 3.63) is 39.3 Å². The lowest BCUT2D eigenvalue weighted by Gasteiger charge is -2.39. The van der Waals surface area contributed by atoms with Crippen molar-refractivity contribution in [2.24, 2.45) is 0 Å². The summed E-state index contributed by atoms with van der Waals surface area (Å²) in [6.45, 7) is 7.71. The van der Waals surface area contributed by atoms with Crippen LogP contribution in [0.15, 0.2) is 12.4 Å². The van der Waals surface area contributed by atoms with E-state index in [0.717, 1.165) is 29.0 Å². The molecule has 2 atom stereocenters. The first-order chi connectivity index (χ1) is 14.7. The van der Waals surface area contributed by atoms with E-state index >= 15 is 0 Å². The van der Waals surface area contributed by atoms with Gasteiger partial charge >= 0.3 is 11.1 Å². The molecular weight excluding hydrogens is 414 g/mol. The molecular formula is C22H27N5O3S. The van der Waals surface area contributed by atoms with Gasteiger partial charge in [0.15, 0.2) is 0 Å². The van der Waals surface area contributed by atoms with Gasteiger partial charge in [0.25, 0.3) is 6.23 Å². The minimum atomic E-state index is -0.998. The number of aromatic nitrogens is 3. The van der Waals surface area contributed by atoms with Crippen LogP contribution in [-0.4, -0.2) is 51.0 Å². The first kappa shape index (κ1) is 21.8. The van der Waals surface area contributed by atoms with Crippen molar-refractivity contribution in [1.82, 2.24) is 24.7 Å². The average Bonchev–Trinajstić information content (AvgIpc) is 3.29. The molecule has 2 aromatic rings. The third-order valence-corrected chi connectivity index (χ3v) is 7.70. The van der Waals surface area contributed by atoms with Crippen LogP contribution in [0.3, 0.4) is 0 Å². The van der Waals surface area contributed by atoms with E-state index in [9.17, 15) is 10.0 Å². The number of terminal acetylenes is 1. The smallest absolute Gasteiger partial charge is 0.344 e. The lowest BCUT2D eigenvalue weighted by Crippen LogP contribution is -2.51. The van der Waals surface area contributed by atoms with Crippen LogP contribution in [0, 0.1) is 31.4 Å². The molecule has 1 aliphatic carbocycles. The molecule has 2 aromatic heterocycles. The maximum atomic E-state index is 14.1. The van der Waals surface area contributed by atoms with Crippen LogP contribution >= 0.6 is 11.3 Å². The Morgan fingerprint density at radius 1 is 1.35 bits per heavy atom. The quantitative estimate of drug-likeness (QED) is 0.304. The summed E-state index contributed by atoms with van der Waals surface area (Å²) in [5, 5.41) is 23.8. The molecule has 164 valence electrons. The predicted octanol–water partition coefficient (Wildman–Crippen LogP) is 3.49. The number of carbonyl (C=O) groups is 1. The Morgan fingerprint density at radius 3 is 2.74 bits per heavy atom. The molecule has 0 spiro atoms. The molecule has 2 fully saturated rings. The van der Waals surface area contributed by atoms with Gasteiger partial charge in [0, 0.05) is 18.3 Å². The average molecular weight is 442 g/mol. The minimum Gasteiger partial charge on any atom is -0.622 e. The highest BCUT2D eigenvalue weighted by atomic mass is 32.1. The molecule has 3 heterocycles. The Kier molecular flexibility index (Phi) is 5.60. The van der Waals surface area contributed by atoms with E-state index in [-0.39, 0.29) is 13.2 Å². The number of pyridine rings is 1. The standard InChI is InChI=1S/C22H27N5O3S/c1-6-22(4,5)26-12-18(30-20(28)17-11-23-10-14(2)15(17)3)27(29,13-26)21-25-24-19(31-21)16-8-7-9-16/h1,10-11,16,18H,7-9,12-13H2,2-5H3. The molecule has 31 heavy (non-hydrogen) atoms. The molecule has 0 bridgehead atoms. The number of hydrogen-bond acceptors (Lipinski definition) is 8. The van der Waals surface area contributed by atoms with E-state index in [0.29, 0.717) is 16.6 Å². The van der Waals surface area contributed by atoms with Crippen LogP contribution in [0.5, 0.6) is 0 Å². The summed E-state index contributed by atoms with van der Waals surface area (Å²) in [4.78, 5) is 18.9. The Bertz CT molecular complexity index is 1040. The van der Waals surface area contributed by atoms with Gasteiger partial charge in [-0.25, -0.2) is 9.69 Å². The van der Waals surface area contributed by atoms with Gasteiger partial charge in [0.05, 0.1) is 17.6 Å². The van der Waals surface area contributed by atoms with Crippen LogP contribution in [0.4, 0.5) is 5.13 Å². The zero-order valence-corrected chi connectivity index (χ0v) is 19.1. The summed E-state index contributed by atoms with van der Waals surface area (Å²) in [5.74, 6) is 2.54. The summed E-state index contributed by atoms with van der Waals surface area (Å²) < 4.78 is 4.89. The summed E-state index contributed by atoms with van der Waals surface area (Å²) >= 11 is 1.32. The van der Waals surface area contributed by atoms with Gasteiger partial charge < -0.3 is 9.94 Å². The molecule has 4 rings (SSSR count). The van der Waals surface area contributed by atoms with Crippen molar-refractivity contribution >= 4 is 22.4 Å². The minimum absolute atomic E-state index is 0.0412. The Balaban J connectivity index is 1.65. The Hall–Kier alpha value is -2.38. The van der Waals surface area contributed by atoms with E-state index in [4.69, 9.17) is 11.2 Å². The topological polar surface area (TPSA) is 91.3 Å².